The van der Waals surface area contributed by atoms with Crippen LogP contribution in [0, 0.1) is 0 Å². The molecule has 1 heterocycles. The van der Waals surface area contributed by atoms with Gasteiger partial charge in [-0.05, 0) is 5.56 Å². The first-order chi connectivity index (χ1) is 5.20. The SMILES string of the molecule is FC1(F)NCc2ccccc21. The van der Waals surface area contributed by atoms with Crippen molar-refractivity contribution in [1.29, 1.82) is 0 Å². The van der Waals surface area contributed by atoms with E-state index in [1.54, 1.807) is 18.2 Å². The average Bonchev–Trinajstić information content (AvgIpc) is 2.29. The topological polar surface area (TPSA) is 12.0 Å². The molecule has 1 aromatic carbocycles. The molecule has 1 nitrogen and oxygen atoms in total. The maximum Gasteiger partial charge on any atom is 0.329 e. The fourth-order valence-electron chi connectivity index (χ4n) is 1.28. The lowest BCUT2D eigenvalue weighted by molar-refractivity contribution is -0.0305. The van der Waals surface area contributed by atoms with Crippen LogP contribution >= 0.6 is 0 Å². The third-order valence-electron chi connectivity index (χ3n) is 1.86. The lowest BCUT2D eigenvalue weighted by atomic mass is 10.1. The largest absolute Gasteiger partial charge is 0.329 e. The summed E-state index contributed by atoms with van der Waals surface area (Å²) < 4.78 is 25.7. The van der Waals surface area contributed by atoms with Gasteiger partial charge in [-0.15, -0.1) is 0 Å². The summed E-state index contributed by atoms with van der Waals surface area (Å²) in [5.41, 5.74) is 0.803. The van der Waals surface area contributed by atoms with Gasteiger partial charge in [0.15, 0.2) is 0 Å². The van der Waals surface area contributed by atoms with Gasteiger partial charge >= 0.3 is 6.05 Å². The third-order valence-corrected chi connectivity index (χ3v) is 1.86. The van der Waals surface area contributed by atoms with Crippen molar-refractivity contribution in [2.45, 2.75) is 12.6 Å². The van der Waals surface area contributed by atoms with Gasteiger partial charge in [0, 0.05) is 12.1 Å². The van der Waals surface area contributed by atoms with Gasteiger partial charge in [-0.3, -0.25) is 0 Å². The molecule has 0 radical (unpaired) electrons. The summed E-state index contributed by atoms with van der Waals surface area (Å²) in [5, 5.41) is 2.13. The van der Waals surface area contributed by atoms with Crippen LogP contribution < -0.4 is 5.32 Å². The Bertz CT molecular complexity index is 283. The van der Waals surface area contributed by atoms with E-state index in [4.69, 9.17) is 0 Å². The first-order valence-corrected chi connectivity index (χ1v) is 3.41. The fraction of sp³-hybridized carbons (Fsp3) is 0.250. The molecule has 0 saturated heterocycles. The van der Waals surface area contributed by atoms with Gasteiger partial charge in [0.2, 0.25) is 0 Å². The second kappa shape index (κ2) is 2.01. The minimum Gasteiger partial charge on any atom is -0.250 e. The number of nitrogens with one attached hydrogen (secondary N) is 1. The molecule has 1 aliphatic heterocycles. The Morgan fingerprint density at radius 3 is 2.73 bits per heavy atom. The van der Waals surface area contributed by atoms with E-state index in [2.05, 4.69) is 5.32 Å². The molecule has 0 atom stereocenters. The van der Waals surface area contributed by atoms with E-state index in [1.165, 1.54) is 6.07 Å². The number of rotatable bonds is 0. The van der Waals surface area contributed by atoms with Gasteiger partial charge in [0.1, 0.15) is 0 Å². The quantitative estimate of drug-likeness (QED) is 0.563. The molecule has 0 amide bonds. The van der Waals surface area contributed by atoms with Crippen LogP contribution in [0.1, 0.15) is 11.1 Å². The molecule has 1 aromatic rings. The van der Waals surface area contributed by atoms with Gasteiger partial charge in [-0.1, -0.05) is 24.3 Å². The Labute approximate surface area is 63.0 Å². The van der Waals surface area contributed by atoms with Crippen molar-refractivity contribution in [2.75, 3.05) is 0 Å². The highest BCUT2D eigenvalue weighted by molar-refractivity contribution is 5.33. The molecule has 0 bridgehead atoms. The summed E-state index contributed by atoms with van der Waals surface area (Å²) in [7, 11) is 0. The fourth-order valence-corrected chi connectivity index (χ4v) is 1.28. The highest BCUT2D eigenvalue weighted by Gasteiger charge is 2.37. The van der Waals surface area contributed by atoms with E-state index >= 15 is 0 Å². The summed E-state index contributed by atoms with van der Waals surface area (Å²) in [6.45, 7) is 0.267. The molecule has 0 aromatic heterocycles. The van der Waals surface area contributed by atoms with E-state index in [9.17, 15) is 8.78 Å². The van der Waals surface area contributed by atoms with Crippen molar-refractivity contribution >= 4 is 0 Å². The van der Waals surface area contributed by atoms with Crippen LogP contribution in [0.25, 0.3) is 0 Å². The summed E-state index contributed by atoms with van der Waals surface area (Å²) in [6.07, 6.45) is 0. The van der Waals surface area contributed by atoms with Crippen molar-refractivity contribution in [2.24, 2.45) is 0 Å². The zero-order chi connectivity index (χ0) is 7.90. The van der Waals surface area contributed by atoms with E-state index in [1.807, 2.05) is 0 Å². The number of fused-ring (bicyclic) bond motifs is 1. The first-order valence-electron chi connectivity index (χ1n) is 3.41. The Balaban J connectivity index is 2.56. The second-order valence-electron chi connectivity index (χ2n) is 2.59. The van der Waals surface area contributed by atoms with Crippen LogP contribution in [0.2, 0.25) is 0 Å². The molecule has 0 saturated carbocycles. The van der Waals surface area contributed by atoms with E-state index in [0.29, 0.717) is 5.56 Å². The van der Waals surface area contributed by atoms with Crippen LogP contribution in [0.3, 0.4) is 0 Å². The number of alkyl halides is 2. The number of benzene rings is 1. The lowest BCUT2D eigenvalue weighted by Crippen LogP contribution is -2.25. The predicted molar refractivity (Wildman–Crippen MR) is 37.2 cm³/mol. The van der Waals surface area contributed by atoms with E-state index in [0.717, 1.165) is 0 Å². The maximum absolute atomic E-state index is 12.8. The molecule has 3 heteroatoms. The first kappa shape index (κ1) is 6.73. The average molecular weight is 155 g/mol. The van der Waals surface area contributed by atoms with Crippen molar-refractivity contribution < 1.29 is 8.78 Å². The molecule has 2 rings (SSSR count). The summed E-state index contributed by atoms with van der Waals surface area (Å²) >= 11 is 0. The van der Waals surface area contributed by atoms with Gasteiger partial charge in [-0.25, -0.2) is 5.32 Å². The van der Waals surface area contributed by atoms with E-state index in [-0.39, 0.29) is 12.1 Å². The Hall–Kier alpha value is -0.960. The molecule has 1 aliphatic rings. The standard InChI is InChI=1S/C8H7F2N/c9-8(10)7-4-2-1-3-6(7)5-11-8/h1-4,11H,5H2. The second-order valence-corrected chi connectivity index (χ2v) is 2.59. The molecule has 0 spiro atoms. The monoisotopic (exact) mass is 155 g/mol. The smallest absolute Gasteiger partial charge is 0.250 e. The minimum absolute atomic E-state index is 0.111. The molecule has 0 fully saturated rings. The normalized spacial score (nSPS) is 19.8. The molecular formula is C8H7F2N. The number of hydrogen-bond acceptors (Lipinski definition) is 1. The highest BCUT2D eigenvalue weighted by Crippen LogP contribution is 2.32. The summed E-state index contributed by atoms with van der Waals surface area (Å²) in [6, 6.07) is 3.73. The van der Waals surface area contributed by atoms with Crippen molar-refractivity contribution in [3.63, 3.8) is 0 Å². The van der Waals surface area contributed by atoms with Crippen LogP contribution in [0.5, 0.6) is 0 Å². The van der Waals surface area contributed by atoms with Gasteiger partial charge in [0.25, 0.3) is 0 Å². The lowest BCUT2D eigenvalue weighted by Gasteiger charge is -2.08. The number of halogens is 2. The molecule has 0 aliphatic carbocycles. The zero-order valence-corrected chi connectivity index (χ0v) is 5.77. The zero-order valence-electron chi connectivity index (χ0n) is 5.77. The van der Waals surface area contributed by atoms with Crippen LogP contribution in [-0.2, 0) is 12.6 Å². The Kier molecular flexibility index (Phi) is 1.23. The molecule has 11 heavy (non-hydrogen) atoms. The van der Waals surface area contributed by atoms with Gasteiger partial charge in [0.05, 0.1) is 0 Å². The Morgan fingerprint density at radius 2 is 2.00 bits per heavy atom. The van der Waals surface area contributed by atoms with Gasteiger partial charge < -0.3 is 0 Å². The predicted octanol–water partition coefficient (Wildman–Crippen LogP) is 1.84. The van der Waals surface area contributed by atoms with Gasteiger partial charge in [-0.2, -0.15) is 8.78 Å². The van der Waals surface area contributed by atoms with Crippen molar-refractivity contribution in [1.82, 2.24) is 5.32 Å². The Morgan fingerprint density at radius 1 is 1.27 bits per heavy atom. The number of hydrogen-bond donors (Lipinski definition) is 1. The minimum atomic E-state index is -2.82. The molecule has 0 unspecified atom stereocenters. The molecule has 1 N–H and O–H groups in total. The van der Waals surface area contributed by atoms with Crippen molar-refractivity contribution in [3.8, 4) is 0 Å². The third kappa shape index (κ3) is 0.922. The highest BCUT2D eigenvalue weighted by atomic mass is 19.3. The van der Waals surface area contributed by atoms with Crippen LogP contribution in [0.4, 0.5) is 8.78 Å². The summed E-state index contributed by atoms with van der Waals surface area (Å²) in [4.78, 5) is 0. The summed E-state index contributed by atoms with van der Waals surface area (Å²) in [5.74, 6) is 0. The molecule has 58 valence electrons. The van der Waals surface area contributed by atoms with Crippen LogP contribution in [-0.4, -0.2) is 0 Å². The van der Waals surface area contributed by atoms with Crippen molar-refractivity contribution in [3.05, 3.63) is 35.4 Å². The van der Waals surface area contributed by atoms with E-state index < -0.39 is 6.05 Å². The molecular weight excluding hydrogens is 148 g/mol. The van der Waals surface area contributed by atoms with Crippen LogP contribution in [0.15, 0.2) is 24.3 Å². The maximum atomic E-state index is 12.8.